The Hall–Kier alpha value is -4.33. The van der Waals surface area contributed by atoms with E-state index in [0.29, 0.717) is 5.69 Å². The van der Waals surface area contributed by atoms with Crippen LogP contribution in [0.25, 0.3) is 0 Å². The minimum Gasteiger partial charge on any atom is -0.423 e. The summed E-state index contributed by atoms with van der Waals surface area (Å²) in [7, 11) is 0. The van der Waals surface area contributed by atoms with Gasteiger partial charge in [0.25, 0.3) is 17.5 Å². The van der Waals surface area contributed by atoms with E-state index in [-0.39, 0.29) is 28.1 Å². The minimum absolute atomic E-state index is 0.0827. The van der Waals surface area contributed by atoms with Gasteiger partial charge in [0.15, 0.2) is 0 Å². The van der Waals surface area contributed by atoms with Crippen LogP contribution in [0.5, 0.6) is 5.75 Å². The summed E-state index contributed by atoms with van der Waals surface area (Å²) in [5, 5.41) is 10.7. The van der Waals surface area contributed by atoms with Crippen LogP contribution in [0.1, 0.15) is 36.6 Å². The van der Waals surface area contributed by atoms with E-state index in [4.69, 9.17) is 4.74 Å². The molecule has 0 unspecified atom stereocenters. The zero-order valence-corrected chi connectivity index (χ0v) is 15.7. The SMILES string of the molecule is Cc1cccc(N2C(=O)c3ccc(C(=O)Oc4ccc([N+](=O)[O-])cc4)cc3C2=O)c1. The van der Waals surface area contributed by atoms with Crippen molar-refractivity contribution in [1.29, 1.82) is 0 Å². The van der Waals surface area contributed by atoms with Crippen LogP contribution in [0.3, 0.4) is 0 Å². The summed E-state index contributed by atoms with van der Waals surface area (Å²) in [5.74, 6) is -1.61. The number of esters is 1. The van der Waals surface area contributed by atoms with E-state index in [1.54, 1.807) is 18.2 Å². The number of ether oxygens (including phenoxy) is 1. The van der Waals surface area contributed by atoms with Crippen LogP contribution < -0.4 is 9.64 Å². The molecule has 30 heavy (non-hydrogen) atoms. The first-order chi connectivity index (χ1) is 14.3. The van der Waals surface area contributed by atoms with Crippen molar-refractivity contribution in [3.63, 3.8) is 0 Å². The molecule has 0 saturated carbocycles. The van der Waals surface area contributed by atoms with Gasteiger partial charge < -0.3 is 4.74 Å². The first kappa shape index (κ1) is 19.0. The maximum Gasteiger partial charge on any atom is 0.343 e. The third-order valence-electron chi connectivity index (χ3n) is 4.64. The first-order valence-electron chi connectivity index (χ1n) is 8.91. The van der Waals surface area contributed by atoms with Gasteiger partial charge in [-0.05, 0) is 55.0 Å². The Morgan fingerprint density at radius 1 is 0.933 bits per heavy atom. The highest BCUT2D eigenvalue weighted by atomic mass is 16.6. The summed E-state index contributed by atoms with van der Waals surface area (Å²) < 4.78 is 5.21. The number of nitro benzene ring substituents is 1. The molecule has 8 nitrogen and oxygen atoms in total. The van der Waals surface area contributed by atoms with Crippen molar-refractivity contribution in [1.82, 2.24) is 0 Å². The Morgan fingerprint density at radius 2 is 1.63 bits per heavy atom. The van der Waals surface area contributed by atoms with Crippen LogP contribution in [0.2, 0.25) is 0 Å². The van der Waals surface area contributed by atoms with Gasteiger partial charge in [-0.25, -0.2) is 9.69 Å². The summed E-state index contributed by atoms with van der Waals surface area (Å²) in [6.07, 6.45) is 0. The van der Waals surface area contributed by atoms with Gasteiger partial charge in [0.1, 0.15) is 5.75 Å². The average molecular weight is 402 g/mol. The molecule has 8 heteroatoms. The van der Waals surface area contributed by atoms with E-state index in [0.717, 1.165) is 10.5 Å². The predicted molar refractivity (Wildman–Crippen MR) is 107 cm³/mol. The largest absolute Gasteiger partial charge is 0.423 e. The lowest BCUT2D eigenvalue weighted by Crippen LogP contribution is -2.29. The highest BCUT2D eigenvalue weighted by molar-refractivity contribution is 6.34. The lowest BCUT2D eigenvalue weighted by Gasteiger charge is -2.14. The Balaban J connectivity index is 1.59. The molecule has 0 saturated heterocycles. The Labute approximate surface area is 170 Å². The van der Waals surface area contributed by atoms with Crippen molar-refractivity contribution in [3.8, 4) is 5.75 Å². The molecule has 0 radical (unpaired) electrons. The van der Waals surface area contributed by atoms with Crippen LogP contribution >= 0.6 is 0 Å². The number of anilines is 1. The van der Waals surface area contributed by atoms with Crippen molar-refractivity contribution < 1.29 is 24.0 Å². The van der Waals surface area contributed by atoms with Crippen molar-refractivity contribution in [2.45, 2.75) is 6.92 Å². The molecule has 0 N–H and O–H groups in total. The normalized spacial score (nSPS) is 12.6. The molecule has 0 bridgehead atoms. The zero-order valence-electron chi connectivity index (χ0n) is 15.7. The highest BCUT2D eigenvalue weighted by Crippen LogP contribution is 2.30. The van der Waals surface area contributed by atoms with Gasteiger partial charge in [0, 0.05) is 12.1 Å². The van der Waals surface area contributed by atoms with Crippen LogP contribution in [-0.4, -0.2) is 22.7 Å². The standard InChI is InChI=1S/C22H14N2O6/c1-13-3-2-4-16(11-13)23-20(25)18-10-5-14(12-19(18)21(23)26)22(27)30-17-8-6-15(7-9-17)24(28)29/h2-12H,1H3. The zero-order chi connectivity index (χ0) is 21.4. The van der Waals surface area contributed by atoms with Gasteiger partial charge in [-0.1, -0.05) is 12.1 Å². The van der Waals surface area contributed by atoms with Crippen molar-refractivity contribution >= 4 is 29.2 Å². The van der Waals surface area contributed by atoms with E-state index < -0.39 is 22.7 Å². The second-order valence-electron chi connectivity index (χ2n) is 6.69. The second-order valence-corrected chi connectivity index (χ2v) is 6.69. The smallest absolute Gasteiger partial charge is 0.343 e. The number of rotatable bonds is 4. The first-order valence-corrected chi connectivity index (χ1v) is 8.91. The van der Waals surface area contributed by atoms with Gasteiger partial charge in [-0.3, -0.25) is 19.7 Å². The predicted octanol–water partition coefficient (Wildman–Crippen LogP) is 3.92. The number of non-ortho nitro benzene ring substituents is 1. The fourth-order valence-corrected chi connectivity index (χ4v) is 3.17. The van der Waals surface area contributed by atoms with Crippen LogP contribution in [-0.2, 0) is 0 Å². The number of aryl methyl sites for hydroxylation is 1. The molecule has 1 aliphatic heterocycles. The van der Waals surface area contributed by atoms with E-state index in [1.807, 2.05) is 13.0 Å². The maximum absolute atomic E-state index is 12.8. The number of fused-ring (bicyclic) bond motifs is 1. The Bertz CT molecular complexity index is 1220. The number of benzene rings is 3. The number of carbonyl (C=O) groups is 3. The van der Waals surface area contributed by atoms with Gasteiger partial charge in [0.05, 0.1) is 27.3 Å². The van der Waals surface area contributed by atoms with Crippen LogP contribution in [0, 0.1) is 17.0 Å². The molecular weight excluding hydrogens is 388 g/mol. The van der Waals surface area contributed by atoms with Crippen molar-refractivity contribution in [2.75, 3.05) is 4.90 Å². The molecule has 3 aromatic carbocycles. The highest BCUT2D eigenvalue weighted by Gasteiger charge is 2.37. The van der Waals surface area contributed by atoms with Crippen LogP contribution in [0.4, 0.5) is 11.4 Å². The number of nitro groups is 1. The van der Waals surface area contributed by atoms with Crippen molar-refractivity contribution in [2.24, 2.45) is 0 Å². The molecule has 1 aliphatic rings. The summed E-state index contributed by atoms with van der Waals surface area (Å²) in [6, 6.07) is 16.2. The van der Waals surface area contributed by atoms with Gasteiger partial charge >= 0.3 is 5.97 Å². The van der Waals surface area contributed by atoms with Gasteiger partial charge in [0.2, 0.25) is 0 Å². The molecule has 0 aliphatic carbocycles. The second kappa shape index (κ2) is 7.25. The van der Waals surface area contributed by atoms with E-state index in [2.05, 4.69) is 0 Å². The van der Waals surface area contributed by atoms with Crippen molar-refractivity contribution in [3.05, 3.63) is 99.1 Å². The number of amides is 2. The molecule has 0 aromatic heterocycles. The number of hydrogen-bond acceptors (Lipinski definition) is 6. The fraction of sp³-hybridized carbons (Fsp3) is 0.0455. The quantitative estimate of drug-likeness (QED) is 0.215. The maximum atomic E-state index is 12.8. The minimum atomic E-state index is -0.749. The summed E-state index contributed by atoms with van der Waals surface area (Å²) in [6.45, 7) is 1.86. The molecule has 148 valence electrons. The molecule has 4 rings (SSSR count). The monoisotopic (exact) mass is 402 g/mol. The molecule has 0 spiro atoms. The summed E-state index contributed by atoms with van der Waals surface area (Å²) in [5.41, 5.74) is 1.62. The van der Waals surface area contributed by atoms with E-state index in [1.165, 1.54) is 42.5 Å². The lowest BCUT2D eigenvalue weighted by atomic mass is 10.1. The molecule has 0 atom stereocenters. The number of imide groups is 1. The number of nitrogens with zero attached hydrogens (tertiary/aromatic N) is 2. The molecule has 1 heterocycles. The third-order valence-corrected chi connectivity index (χ3v) is 4.64. The van der Waals surface area contributed by atoms with E-state index in [9.17, 15) is 24.5 Å². The van der Waals surface area contributed by atoms with E-state index >= 15 is 0 Å². The molecule has 2 amide bonds. The molecule has 3 aromatic rings. The summed E-state index contributed by atoms with van der Waals surface area (Å²) in [4.78, 5) is 49.2. The fourth-order valence-electron chi connectivity index (χ4n) is 3.17. The Kier molecular flexibility index (Phi) is 4.59. The lowest BCUT2D eigenvalue weighted by molar-refractivity contribution is -0.384. The number of carbonyl (C=O) groups excluding carboxylic acids is 3. The average Bonchev–Trinajstić information content (AvgIpc) is 2.98. The summed E-state index contributed by atoms with van der Waals surface area (Å²) >= 11 is 0. The molecular formula is C22H14N2O6. The topological polar surface area (TPSA) is 107 Å². The number of hydrogen-bond donors (Lipinski definition) is 0. The van der Waals surface area contributed by atoms with Gasteiger partial charge in [-0.2, -0.15) is 0 Å². The van der Waals surface area contributed by atoms with Crippen LogP contribution in [0.15, 0.2) is 66.7 Å². The van der Waals surface area contributed by atoms with Gasteiger partial charge in [-0.15, -0.1) is 0 Å². The third kappa shape index (κ3) is 3.30. The molecule has 0 fully saturated rings. The Morgan fingerprint density at radius 3 is 2.30 bits per heavy atom.